The zero-order valence-electron chi connectivity index (χ0n) is 9.52. The van der Waals surface area contributed by atoms with E-state index < -0.39 is 5.91 Å². The number of hydrogen-bond acceptors (Lipinski definition) is 3. The Labute approximate surface area is 122 Å². The molecule has 0 radical (unpaired) electrons. The minimum atomic E-state index is -0.545. The van der Waals surface area contributed by atoms with Crippen molar-refractivity contribution in [2.24, 2.45) is 0 Å². The van der Waals surface area contributed by atoms with Gasteiger partial charge >= 0.3 is 0 Å². The van der Waals surface area contributed by atoms with E-state index in [9.17, 15) is 15.0 Å². The Kier molecular flexibility index (Phi) is 3.97. The van der Waals surface area contributed by atoms with Gasteiger partial charge < -0.3 is 15.5 Å². The van der Waals surface area contributed by atoms with Gasteiger partial charge in [-0.3, -0.25) is 4.79 Å². The highest BCUT2D eigenvalue weighted by Crippen LogP contribution is 2.28. The van der Waals surface area contributed by atoms with Crippen LogP contribution in [-0.4, -0.2) is 16.1 Å². The molecule has 0 aromatic heterocycles. The Balaban J connectivity index is 2.30. The Hall–Kier alpha value is -1.72. The number of carbonyl (C=O) groups is 1. The Morgan fingerprint density at radius 3 is 2.63 bits per heavy atom. The SMILES string of the molecule is O=C(Nc1cc(Cl)ccc1Br)c1cc(O)ccc1O. The lowest BCUT2D eigenvalue weighted by Crippen LogP contribution is -2.12. The van der Waals surface area contributed by atoms with Gasteiger partial charge in [-0.25, -0.2) is 0 Å². The van der Waals surface area contributed by atoms with E-state index in [0.717, 1.165) is 0 Å². The molecule has 0 saturated carbocycles. The van der Waals surface area contributed by atoms with Gasteiger partial charge in [-0.2, -0.15) is 0 Å². The van der Waals surface area contributed by atoms with E-state index in [-0.39, 0.29) is 17.1 Å². The average molecular weight is 343 g/mol. The van der Waals surface area contributed by atoms with Gasteiger partial charge in [-0.05, 0) is 52.3 Å². The standard InChI is InChI=1S/C13H9BrClNO3/c14-10-3-1-7(15)5-11(10)16-13(19)9-6-8(17)2-4-12(9)18/h1-6,17-18H,(H,16,19). The third kappa shape index (κ3) is 3.19. The van der Waals surface area contributed by atoms with Gasteiger partial charge in [-0.1, -0.05) is 11.6 Å². The third-order valence-electron chi connectivity index (χ3n) is 2.40. The molecule has 6 heteroatoms. The highest BCUT2D eigenvalue weighted by atomic mass is 79.9. The largest absolute Gasteiger partial charge is 0.508 e. The molecule has 0 saturated heterocycles. The van der Waals surface area contributed by atoms with Gasteiger partial charge in [0.1, 0.15) is 11.5 Å². The Morgan fingerprint density at radius 2 is 1.89 bits per heavy atom. The van der Waals surface area contributed by atoms with Crippen LogP contribution in [0.2, 0.25) is 5.02 Å². The van der Waals surface area contributed by atoms with Crippen molar-refractivity contribution in [2.75, 3.05) is 5.32 Å². The first kappa shape index (κ1) is 13.7. The van der Waals surface area contributed by atoms with Crippen molar-refractivity contribution in [1.29, 1.82) is 0 Å². The summed E-state index contributed by atoms with van der Waals surface area (Å²) in [7, 11) is 0. The van der Waals surface area contributed by atoms with E-state index in [1.54, 1.807) is 18.2 Å². The number of anilines is 1. The first-order valence-corrected chi connectivity index (χ1v) is 6.43. The van der Waals surface area contributed by atoms with Crippen LogP contribution in [0.1, 0.15) is 10.4 Å². The summed E-state index contributed by atoms with van der Waals surface area (Å²) in [6, 6.07) is 8.67. The van der Waals surface area contributed by atoms with Crippen molar-refractivity contribution < 1.29 is 15.0 Å². The first-order chi connectivity index (χ1) is 8.97. The molecule has 2 rings (SSSR count). The molecule has 0 bridgehead atoms. The summed E-state index contributed by atoms with van der Waals surface area (Å²) in [6.07, 6.45) is 0. The van der Waals surface area contributed by atoms with Crippen LogP contribution in [0, 0.1) is 0 Å². The third-order valence-corrected chi connectivity index (χ3v) is 3.33. The first-order valence-electron chi connectivity index (χ1n) is 5.26. The summed E-state index contributed by atoms with van der Waals surface area (Å²) < 4.78 is 0.657. The van der Waals surface area contributed by atoms with E-state index in [1.807, 2.05) is 0 Å². The molecule has 2 aromatic carbocycles. The predicted octanol–water partition coefficient (Wildman–Crippen LogP) is 3.77. The number of amides is 1. The molecule has 3 N–H and O–H groups in total. The number of aromatic hydroxyl groups is 2. The van der Waals surface area contributed by atoms with Crippen LogP contribution in [0.5, 0.6) is 11.5 Å². The van der Waals surface area contributed by atoms with Gasteiger partial charge in [0.2, 0.25) is 0 Å². The lowest BCUT2D eigenvalue weighted by atomic mass is 10.1. The summed E-state index contributed by atoms with van der Waals surface area (Å²) in [5.41, 5.74) is 0.451. The highest BCUT2D eigenvalue weighted by molar-refractivity contribution is 9.10. The highest BCUT2D eigenvalue weighted by Gasteiger charge is 2.13. The number of phenols is 2. The molecule has 19 heavy (non-hydrogen) atoms. The topological polar surface area (TPSA) is 69.6 Å². The summed E-state index contributed by atoms with van der Waals surface area (Å²) >= 11 is 9.12. The monoisotopic (exact) mass is 341 g/mol. The van der Waals surface area contributed by atoms with E-state index in [2.05, 4.69) is 21.2 Å². The number of benzene rings is 2. The fraction of sp³-hybridized carbons (Fsp3) is 0. The van der Waals surface area contributed by atoms with Crippen LogP contribution in [0.4, 0.5) is 5.69 Å². The number of phenolic OH excluding ortho intramolecular Hbond substituents is 2. The maximum atomic E-state index is 12.0. The van der Waals surface area contributed by atoms with Crippen LogP contribution in [0.25, 0.3) is 0 Å². The molecule has 0 spiro atoms. The normalized spacial score (nSPS) is 10.2. The molecule has 0 unspecified atom stereocenters. The smallest absolute Gasteiger partial charge is 0.259 e. The van der Waals surface area contributed by atoms with Crippen LogP contribution >= 0.6 is 27.5 Å². The second-order valence-electron chi connectivity index (χ2n) is 3.78. The molecular formula is C13H9BrClNO3. The maximum Gasteiger partial charge on any atom is 0.259 e. The number of nitrogens with one attached hydrogen (secondary N) is 1. The second-order valence-corrected chi connectivity index (χ2v) is 5.07. The lowest BCUT2D eigenvalue weighted by Gasteiger charge is -2.09. The van der Waals surface area contributed by atoms with Gasteiger partial charge in [0, 0.05) is 9.50 Å². The number of carbonyl (C=O) groups excluding carboxylic acids is 1. The van der Waals surface area contributed by atoms with Crippen LogP contribution in [0.3, 0.4) is 0 Å². The number of halogens is 2. The predicted molar refractivity (Wildman–Crippen MR) is 76.9 cm³/mol. The van der Waals surface area contributed by atoms with Gasteiger partial charge in [-0.15, -0.1) is 0 Å². The van der Waals surface area contributed by atoms with Crippen molar-refractivity contribution in [1.82, 2.24) is 0 Å². The molecule has 98 valence electrons. The summed E-state index contributed by atoms with van der Waals surface area (Å²) in [6.45, 7) is 0. The average Bonchev–Trinajstić information content (AvgIpc) is 2.36. The summed E-state index contributed by atoms with van der Waals surface area (Å²) in [5.74, 6) is -0.863. The molecule has 0 fully saturated rings. The molecule has 0 heterocycles. The Morgan fingerprint density at radius 1 is 1.16 bits per heavy atom. The minimum Gasteiger partial charge on any atom is -0.508 e. The van der Waals surface area contributed by atoms with E-state index in [4.69, 9.17) is 11.6 Å². The second kappa shape index (κ2) is 5.50. The molecule has 4 nitrogen and oxygen atoms in total. The fourth-order valence-corrected chi connectivity index (χ4v) is 2.01. The molecule has 0 aliphatic heterocycles. The lowest BCUT2D eigenvalue weighted by molar-refractivity contribution is 0.102. The summed E-state index contributed by atoms with van der Waals surface area (Å²) in [4.78, 5) is 12.0. The van der Waals surface area contributed by atoms with Crippen LogP contribution in [0.15, 0.2) is 40.9 Å². The molecular weight excluding hydrogens is 334 g/mol. The molecule has 0 aliphatic carbocycles. The van der Waals surface area contributed by atoms with Crippen molar-refractivity contribution >= 4 is 39.1 Å². The van der Waals surface area contributed by atoms with Crippen LogP contribution in [-0.2, 0) is 0 Å². The minimum absolute atomic E-state index is 0.0214. The van der Waals surface area contributed by atoms with E-state index in [0.29, 0.717) is 15.2 Å². The zero-order valence-corrected chi connectivity index (χ0v) is 11.9. The maximum absolute atomic E-state index is 12.0. The van der Waals surface area contributed by atoms with Gasteiger partial charge in [0.25, 0.3) is 5.91 Å². The van der Waals surface area contributed by atoms with Crippen molar-refractivity contribution in [2.45, 2.75) is 0 Å². The van der Waals surface area contributed by atoms with Crippen LogP contribution < -0.4 is 5.32 Å². The zero-order chi connectivity index (χ0) is 14.0. The van der Waals surface area contributed by atoms with E-state index >= 15 is 0 Å². The van der Waals surface area contributed by atoms with Gasteiger partial charge in [0.05, 0.1) is 11.3 Å². The molecule has 1 amide bonds. The van der Waals surface area contributed by atoms with Crippen molar-refractivity contribution in [3.8, 4) is 11.5 Å². The quantitative estimate of drug-likeness (QED) is 0.728. The number of rotatable bonds is 2. The fourth-order valence-electron chi connectivity index (χ4n) is 1.49. The number of hydrogen-bond donors (Lipinski definition) is 3. The molecule has 0 aliphatic rings. The van der Waals surface area contributed by atoms with Crippen molar-refractivity contribution in [3.05, 3.63) is 51.5 Å². The Bertz CT molecular complexity index is 646. The van der Waals surface area contributed by atoms with E-state index in [1.165, 1.54) is 18.2 Å². The van der Waals surface area contributed by atoms with Crippen molar-refractivity contribution in [3.63, 3.8) is 0 Å². The molecule has 2 aromatic rings. The summed E-state index contributed by atoms with van der Waals surface area (Å²) in [5, 5.41) is 22.0. The van der Waals surface area contributed by atoms with Gasteiger partial charge in [0.15, 0.2) is 0 Å². The molecule has 0 atom stereocenters.